The minimum atomic E-state index is -0.880. The molecule has 0 saturated heterocycles. The van der Waals surface area contributed by atoms with Gasteiger partial charge in [-0.05, 0) is 43.4 Å². The van der Waals surface area contributed by atoms with Gasteiger partial charge in [0.05, 0.1) is 0 Å². The summed E-state index contributed by atoms with van der Waals surface area (Å²) in [6.07, 6.45) is -0.731. The van der Waals surface area contributed by atoms with Crippen LogP contribution in [0.2, 0.25) is 0 Å². The SMILES string of the molecule is Cc1ccc(C(=O)NC(NC(=S)Nc2ccccc2)C(Cl)Cl)cc1. The van der Waals surface area contributed by atoms with E-state index < -0.39 is 11.0 Å². The quantitative estimate of drug-likeness (QED) is 0.418. The van der Waals surface area contributed by atoms with Crippen LogP contribution in [-0.2, 0) is 0 Å². The van der Waals surface area contributed by atoms with Crippen LogP contribution in [0.15, 0.2) is 54.6 Å². The number of rotatable bonds is 5. The van der Waals surface area contributed by atoms with Crippen molar-refractivity contribution in [1.29, 1.82) is 0 Å². The lowest BCUT2D eigenvalue weighted by molar-refractivity contribution is 0.0936. The first-order valence-corrected chi connectivity index (χ1v) is 8.52. The van der Waals surface area contributed by atoms with Crippen LogP contribution in [-0.4, -0.2) is 22.0 Å². The van der Waals surface area contributed by atoms with Crippen molar-refractivity contribution in [2.75, 3.05) is 5.32 Å². The molecule has 0 aliphatic rings. The Labute approximate surface area is 156 Å². The van der Waals surface area contributed by atoms with Gasteiger partial charge in [0.2, 0.25) is 0 Å². The van der Waals surface area contributed by atoms with E-state index in [1.54, 1.807) is 12.1 Å². The number of anilines is 1. The second-order valence-electron chi connectivity index (χ2n) is 5.12. The van der Waals surface area contributed by atoms with Crippen molar-refractivity contribution in [3.63, 3.8) is 0 Å². The molecule has 2 aromatic carbocycles. The van der Waals surface area contributed by atoms with Crippen LogP contribution in [0.4, 0.5) is 5.69 Å². The van der Waals surface area contributed by atoms with Crippen LogP contribution < -0.4 is 16.0 Å². The number of nitrogens with one attached hydrogen (secondary N) is 3. The predicted molar refractivity (Wildman–Crippen MR) is 104 cm³/mol. The van der Waals surface area contributed by atoms with E-state index in [1.165, 1.54) is 0 Å². The van der Waals surface area contributed by atoms with Gasteiger partial charge in [-0.3, -0.25) is 4.79 Å². The molecule has 0 fully saturated rings. The maximum atomic E-state index is 12.3. The normalized spacial score (nSPS) is 11.7. The fraction of sp³-hybridized carbons (Fsp3) is 0.176. The van der Waals surface area contributed by atoms with Crippen LogP contribution >= 0.6 is 35.4 Å². The molecule has 0 aliphatic heterocycles. The third kappa shape index (κ3) is 5.67. The van der Waals surface area contributed by atoms with Crippen molar-refractivity contribution in [3.05, 3.63) is 65.7 Å². The number of carbonyl (C=O) groups is 1. The van der Waals surface area contributed by atoms with Crippen molar-refractivity contribution in [2.45, 2.75) is 17.9 Å². The highest BCUT2D eigenvalue weighted by molar-refractivity contribution is 7.80. The predicted octanol–water partition coefficient (Wildman–Crippen LogP) is 3.84. The second kappa shape index (κ2) is 8.87. The zero-order valence-electron chi connectivity index (χ0n) is 12.9. The number of alkyl halides is 2. The Morgan fingerprint density at radius 3 is 2.21 bits per heavy atom. The van der Waals surface area contributed by atoms with Gasteiger partial charge in [-0.1, -0.05) is 35.9 Å². The Kier molecular flexibility index (Phi) is 6.85. The number of para-hydroxylation sites is 1. The molecule has 7 heteroatoms. The van der Waals surface area contributed by atoms with E-state index in [9.17, 15) is 4.79 Å². The highest BCUT2D eigenvalue weighted by Gasteiger charge is 2.21. The largest absolute Gasteiger partial charge is 0.340 e. The van der Waals surface area contributed by atoms with Gasteiger partial charge in [-0.15, -0.1) is 23.2 Å². The molecule has 2 rings (SSSR count). The summed E-state index contributed by atoms with van der Waals surface area (Å²) in [5.74, 6) is -0.290. The van der Waals surface area contributed by atoms with Crippen LogP contribution in [0.5, 0.6) is 0 Å². The van der Waals surface area contributed by atoms with Crippen LogP contribution in [0, 0.1) is 6.92 Å². The Hall–Kier alpha value is -1.82. The summed E-state index contributed by atoms with van der Waals surface area (Å²) in [5, 5.41) is 8.94. The van der Waals surface area contributed by atoms with Gasteiger partial charge in [0.1, 0.15) is 11.0 Å². The third-order valence-corrected chi connectivity index (χ3v) is 3.89. The van der Waals surface area contributed by atoms with E-state index in [1.807, 2.05) is 49.4 Å². The van der Waals surface area contributed by atoms with Crippen LogP contribution in [0.3, 0.4) is 0 Å². The van der Waals surface area contributed by atoms with Crippen LogP contribution in [0.25, 0.3) is 0 Å². The topological polar surface area (TPSA) is 53.2 Å². The molecule has 0 aromatic heterocycles. The van der Waals surface area contributed by atoms with Crippen molar-refractivity contribution >= 4 is 52.1 Å². The molecule has 0 aliphatic carbocycles. The molecule has 1 atom stereocenters. The van der Waals surface area contributed by atoms with Gasteiger partial charge in [0.25, 0.3) is 5.91 Å². The first-order chi connectivity index (χ1) is 11.5. The number of aryl methyl sites for hydroxylation is 1. The molecule has 0 radical (unpaired) electrons. The Morgan fingerprint density at radius 2 is 1.62 bits per heavy atom. The van der Waals surface area contributed by atoms with E-state index in [2.05, 4.69) is 16.0 Å². The van der Waals surface area contributed by atoms with Gasteiger partial charge < -0.3 is 16.0 Å². The first-order valence-electron chi connectivity index (χ1n) is 7.24. The molecule has 1 unspecified atom stereocenters. The summed E-state index contributed by atoms with van der Waals surface area (Å²) in [6, 6.07) is 16.6. The number of hydrogen-bond donors (Lipinski definition) is 3. The summed E-state index contributed by atoms with van der Waals surface area (Å²) in [7, 11) is 0. The smallest absolute Gasteiger partial charge is 0.252 e. The monoisotopic (exact) mass is 381 g/mol. The van der Waals surface area contributed by atoms with E-state index >= 15 is 0 Å². The van der Waals surface area contributed by atoms with Crippen molar-refractivity contribution in [3.8, 4) is 0 Å². The zero-order valence-corrected chi connectivity index (χ0v) is 15.3. The number of carbonyl (C=O) groups excluding carboxylic acids is 1. The minimum Gasteiger partial charge on any atom is -0.340 e. The average molecular weight is 382 g/mol. The third-order valence-electron chi connectivity index (χ3n) is 3.17. The van der Waals surface area contributed by atoms with Crippen LogP contribution in [0.1, 0.15) is 15.9 Å². The molecule has 0 heterocycles. The number of benzene rings is 2. The van der Waals surface area contributed by atoms with Crippen molar-refractivity contribution < 1.29 is 4.79 Å². The Balaban J connectivity index is 1.97. The Bertz CT molecular complexity index is 693. The van der Waals surface area contributed by atoms with E-state index in [0.29, 0.717) is 10.7 Å². The average Bonchev–Trinajstić information content (AvgIpc) is 2.55. The lowest BCUT2D eigenvalue weighted by atomic mass is 10.1. The summed E-state index contributed by atoms with van der Waals surface area (Å²) in [4.78, 5) is 11.4. The fourth-order valence-electron chi connectivity index (χ4n) is 1.92. The van der Waals surface area contributed by atoms with Crippen molar-refractivity contribution in [2.24, 2.45) is 0 Å². The number of hydrogen-bond acceptors (Lipinski definition) is 2. The zero-order chi connectivity index (χ0) is 17.5. The first kappa shape index (κ1) is 18.5. The lowest BCUT2D eigenvalue weighted by Crippen LogP contribution is -2.52. The number of amides is 1. The lowest BCUT2D eigenvalue weighted by Gasteiger charge is -2.23. The van der Waals surface area contributed by atoms with Gasteiger partial charge in [0, 0.05) is 11.3 Å². The van der Waals surface area contributed by atoms with Gasteiger partial charge in [0.15, 0.2) is 5.11 Å². The molecule has 0 spiro atoms. The molecule has 3 N–H and O–H groups in total. The minimum absolute atomic E-state index is 0.290. The Morgan fingerprint density at radius 1 is 1.00 bits per heavy atom. The summed E-state index contributed by atoms with van der Waals surface area (Å²) in [6.45, 7) is 1.95. The summed E-state index contributed by atoms with van der Waals surface area (Å²) in [5.41, 5.74) is 2.41. The summed E-state index contributed by atoms with van der Waals surface area (Å²) < 4.78 is 0. The molecule has 0 saturated carbocycles. The maximum Gasteiger partial charge on any atom is 0.252 e. The molecular weight excluding hydrogens is 365 g/mol. The molecule has 2 aromatic rings. The standard InChI is InChI=1S/C17H17Cl2N3OS/c1-11-7-9-12(10-8-11)16(23)21-15(14(18)19)22-17(24)20-13-5-3-2-4-6-13/h2-10,14-15H,1H3,(H,21,23)(H2,20,22,24). The molecule has 24 heavy (non-hydrogen) atoms. The van der Waals surface area contributed by atoms with Gasteiger partial charge in [-0.2, -0.15) is 0 Å². The summed E-state index contributed by atoms with van der Waals surface area (Å²) >= 11 is 17.1. The maximum absolute atomic E-state index is 12.3. The molecule has 0 bridgehead atoms. The number of thiocarbonyl (C=S) groups is 1. The molecule has 126 valence electrons. The number of halogens is 2. The van der Waals surface area contributed by atoms with Gasteiger partial charge >= 0.3 is 0 Å². The highest BCUT2D eigenvalue weighted by atomic mass is 35.5. The van der Waals surface area contributed by atoms with E-state index in [4.69, 9.17) is 35.4 Å². The van der Waals surface area contributed by atoms with E-state index in [-0.39, 0.29) is 5.91 Å². The van der Waals surface area contributed by atoms with Crippen molar-refractivity contribution in [1.82, 2.24) is 10.6 Å². The van der Waals surface area contributed by atoms with Gasteiger partial charge in [-0.25, -0.2) is 0 Å². The molecule has 1 amide bonds. The van der Waals surface area contributed by atoms with E-state index in [0.717, 1.165) is 11.3 Å². The second-order valence-corrected chi connectivity index (χ2v) is 6.69. The highest BCUT2D eigenvalue weighted by Crippen LogP contribution is 2.10. The fourth-order valence-corrected chi connectivity index (χ4v) is 2.42. The molecule has 4 nitrogen and oxygen atoms in total. The molecular formula is C17H17Cl2N3OS.